The highest BCUT2D eigenvalue weighted by atomic mass is 14.7. The molecule has 0 aliphatic carbocycles. The quantitative estimate of drug-likeness (QED) is 0.446. The Morgan fingerprint density at radius 1 is 1.25 bits per heavy atom. The molecule has 0 fully saturated rings. The molecule has 0 aromatic rings. The average Bonchev–Trinajstić information content (AvgIpc) is 1.99. The highest BCUT2D eigenvalue weighted by molar-refractivity contribution is 5.56. The van der Waals surface area contributed by atoms with Gasteiger partial charge in [-0.1, -0.05) is 18.7 Å². The van der Waals surface area contributed by atoms with E-state index in [2.05, 4.69) is 11.6 Å². The van der Waals surface area contributed by atoms with Crippen LogP contribution in [0.3, 0.4) is 0 Å². The minimum Gasteiger partial charge on any atom is -0.266 e. The molecule has 0 bridgehead atoms. The second kappa shape index (κ2) is 5.53. The van der Waals surface area contributed by atoms with Crippen LogP contribution in [0.5, 0.6) is 0 Å². The number of rotatable bonds is 3. The van der Waals surface area contributed by atoms with Gasteiger partial charge in [0.25, 0.3) is 0 Å². The van der Waals surface area contributed by atoms with Crippen LogP contribution in [0.25, 0.3) is 0 Å². The van der Waals surface area contributed by atoms with Gasteiger partial charge in [0.2, 0.25) is 0 Å². The van der Waals surface area contributed by atoms with E-state index in [0.717, 1.165) is 16.8 Å². The number of allylic oxidation sites excluding steroid dienone is 5. The van der Waals surface area contributed by atoms with Gasteiger partial charge in [-0.15, -0.1) is 0 Å². The summed E-state index contributed by atoms with van der Waals surface area (Å²) in [6.07, 6.45) is 5.82. The van der Waals surface area contributed by atoms with Crippen LogP contribution in [0.2, 0.25) is 0 Å². The average molecular weight is 163 g/mol. The zero-order valence-corrected chi connectivity index (χ0v) is 8.39. The molecule has 12 heavy (non-hydrogen) atoms. The normalized spacial score (nSPS) is 14.0. The Morgan fingerprint density at radius 2 is 1.83 bits per heavy atom. The number of hydrogen-bond donors (Lipinski definition) is 0. The molecular formula is C11H17N. The van der Waals surface area contributed by atoms with Crippen LogP contribution >= 0.6 is 0 Å². The highest BCUT2D eigenvalue weighted by Crippen LogP contribution is 2.14. The lowest BCUT2D eigenvalue weighted by Gasteiger charge is -2.02. The summed E-state index contributed by atoms with van der Waals surface area (Å²) >= 11 is 0. The smallest absolute Gasteiger partial charge is 0.0443 e. The molecule has 0 saturated carbocycles. The van der Waals surface area contributed by atoms with Crippen LogP contribution in [-0.4, -0.2) is 6.21 Å². The minimum atomic E-state index is 1.02. The minimum absolute atomic E-state index is 1.02. The SMILES string of the molecule is C=C(C)C(/C=C\C)=C(/C)N=CC. The fourth-order valence-corrected chi connectivity index (χ4v) is 1.00. The molecule has 0 unspecified atom stereocenters. The first-order chi connectivity index (χ1) is 5.63. The van der Waals surface area contributed by atoms with E-state index in [4.69, 9.17) is 0 Å². The van der Waals surface area contributed by atoms with Crippen molar-refractivity contribution < 1.29 is 0 Å². The first-order valence-electron chi connectivity index (χ1n) is 4.11. The number of hydrogen-bond acceptors (Lipinski definition) is 1. The maximum absolute atomic E-state index is 4.21. The predicted molar refractivity (Wildman–Crippen MR) is 56.5 cm³/mol. The van der Waals surface area contributed by atoms with Crippen LogP contribution < -0.4 is 0 Å². The molecule has 0 aliphatic rings. The van der Waals surface area contributed by atoms with Crippen LogP contribution in [-0.2, 0) is 0 Å². The van der Waals surface area contributed by atoms with Gasteiger partial charge in [-0.3, -0.25) is 4.99 Å². The molecule has 0 spiro atoms. The van der Waals surface area contributed by atoms with Gasteiger partial charge in [-0.25, -0.2) is 0 Å². The fraction of sp³-hybridized carbons (Fsp3) is 0.364. The fourth-order valence-electron chi connectivity index (χ4n) is 1.00. The molecular weight excluding hydrogens is 146 g/mol. The topological polar surface area (TPSA) is 12.4 Å². The van der Waals surface area contributed by atoms with E-state index in [1.54, 1.807) is 6.21 Å². The molecule has 0 radical (unpaired) electrons. The van der Waals surface area contributed by atoms with Crippen molar-refractivity contribution in [2.45, 2.75) is 27.7 Å². The van der Waals surface area contributed by atoms with Crippen molar-refractivity contribution in [3.05, 3.63) is 35.6 Å². The van der Waals surface area contributed by atoms with Crippen molar-refractivity contribution >= 4 is 6.21 Å². The van der Waals surface area contributed by atoms with Crippen LogP contribution in [0.1, 0.15) is 27.7 Å². The van der Waals surface area contributed by atoms with Crippen LogP contribution in [0, 0.1) is 0 Å². The van der Waals surface area contributed by atoms with Crippen molar-refractivity contribution in [3.63, 3.8) is 0 Å². The van der Waals surface area contributed by atoms with Gasteiger partial charge in [0.1, 0.15) is 0 Å². The van der Waals surface area contributed by atoms with Crippen molar-refractivity contribution in [2.75, 3.05) is 0 Å². The predicted octanol–water partition coefficient (Wildman–Crippen LogP) is 3.50. The van der Waals surface area contributed by atoms with Gasteiger partial charge in [0.05, 0.1) is 0 Å². The maximum Gasteiger partial charge on any atom is 0.0443 e. The Balaban J connectivity index is 4.93. The third-order valence-electron chi connectivity index (χ3n) is 1.51. The number of aliphatic imine (C=N–C) groups is 1. The molecule has 0 aliphatic heterocycles. The summed E-state index contributed by atoms with van der Waals surface area (Å²) in [6, 6.07) is 0. The molecule has 0 atom stereocenters. The van der Waals surface area contributed by atoms with Gasteiger partial charge >= 0.3 is 0 Å². The zero-order valence-electron chi connectivity index (χ0n) is 8.39. The summed E-state index contributed by atoms with van der Waals surface area (Å²) in [4.78, 5) is 4.21. The Hall–Kier alpha value is -1.11. The van der Waals surface area contributed by atoms with E-state index in [0.29, 0.717) is 0 Å². The molecule has 0 aromatic carbocycles. The zero-order chi connectivity index (χ0) is 9.56. The molecule has 0 amide bonds. The van der Waals surface area contributed by atoms with E-state index in [9.17, 15) is 0 Å². The standard InChI is InChI=1S/C11H17N/c1-6-8-11(9(3)4)10(5)12-7-2/h6-8H,3H2,1-2,4-5H3/b8-6-,11-10-,12-7?. The van der Waals surface area contributed by atoms with Gasteiger partial charge in [0.15, 0.2) is 0 Å². The van der Waals surface area contributed by atoms with E-state index in [1.165, 1.54) is 0 Å². The van der Waals surface area contributed by atoms with Gasteiger partial charge in [-0.2, -0.15) is 0 Å². The largest absolute Gasteiger partial charge is 0.266 e. The lowest BCUT2D eigenvalue weighted by Crippen LogP contribution is -1.84. The van der Waals surface area contributed by atoms with Gasteiger partial charge in [-0.05, 0) is 38.8 Å². The highest BCUT2D eigenvalue weighted by Gasteiger charge is 1.96. The van der Waals surface area contributed by atoms with Crippen LogP contribution in [0.4, 0.5) is 0 Å². The van der Waals surface area contributed by atoms with E-state index in [1.807, 2.05) is 39.8 Å². The Bertz CT molecular complexity index is 242. The van der Waals surface area contributed by atoms with Crippen molar-refractivity contribution in [2.24, 2.45) is 4.99 Å². The van der Waals surface area contributed by atoms with Gasteiger partial charge < -0.3 is 0 Å². The molecule has 0 N–H and O–H groups in total. The third kappa shape index (κ3) is 3.33. The Morgan fingerprint density at radius 3 is 2.17 bits per heavy atom. The summed E-state index contributed by atoms with van der Waals surface area (Å²) in [5.41, 5.74) is 3.19. The summed E-state index contributed by atoms with van der Waals surface area (Å²) in [7, 11) is 0. The molecule has 1 nitrogen and oxygen atoms in total. The number of nitrogens with zero attached hydrogens (tertiary/aromatic N) is 1. The van der Waals surface area contributed by atoms with Crippen molar-refractivity contribution in [3.8, 4) is 0 Å². The van der Waals surface area contributed by atoms with Crippen molar-refractivity contribution in [1.29, 1.82) is 0 Å². The summed E-state index contributed by atoms with van der Waals surface area (Å²) in [5.74, 6) is 0. The second-order valence-corrected chi connectivity index (χ2v) is 2.67. The third-order valence-corrected chi connectivity index (χ3v) is 1.51. The van der Waals surface area contributed by atoms with E-state index < -0.39 is 0 Å². The lowest BCUT2D eigenvalue weighted by molar-refractivity contribution is 1.24. The molecule has 1 heteroatoms. The molecule has 0 saturated heterocycles. The van der Waals surface area contributed by atoms with Gasteiger partial charge in [0, 0.05) is 11.9 Å². The second-order valence-electron chi connectivity index (χ2n) is 2.67. The molecule has 0 heterocycles. The van der Waals surface area contributed by atoms with Crippen molar-refractivity contribution in [1.82, 2.24) is 0 Å². The molecule has 66 valence electrons. The molecule has 0 aromatic heterocycles. The monoisotopic (exact) mass is 163 g/mol. The van der Waals surface area contributed by atoms with E-state index in [-0.39, 0.29) is 0 Å². The summed E-state index contributed by atoms with van der Waals surface area (Å²) < 4.78 is 0. The van der Waals surface area contributed by atoms with E-state index >= 15 is 0 Å². The molecule has 0 rings (SSSR count). The van der Waals surface area contributed by atoms with Crippen LogP contribution in [0.15, 0.2) is 40.6 Å². The Labute approximate surface area is 75.2 Å². The Kier molecular flexibility index (Phi) is 5.02. The maximum atomic E-state index is 4.21. The summed E-state index contributed by atoms with van der Waals surface area (Å²) in [6.45, 7) is 11.8. The first kappa shape index (κ1) is 10.9. The first-order valence-corrected chi connectivity index (χ1v) is 4.11. The lowest BCUT2D eigenvalue weighted by atomic mass is 10.1. The summed E-state index contributed by atoms with van der Waals surface area (Å²) in [5, 5.41) is 0.